The highest BCUT2D eigenvalue weighted by Crippen LogP contribution is 2.34. The van der Waals surface area contributed by atoms with E-state index >= 15 is 0 Å². The minimum atomic E-state index is -0.434. The van der Waals surface area contributed by atoms with Gasteiger partial charge in [-0.3, -0.25) is 0 Å². The average Bonchev–Trinajstić information content (AvgIpc) is 2.35. The Hall–Kier alpha value is -1.97. The normalized spacial score (nSPS) is 9.44. The molecule has 0 aliphatic carbocycles. The van der Waals surface area contributed by atoms with Crippen LogP contribution in [0.25, 0.3) is 6.08 Å². The van der Waals surface area contributed by atoms with Crippen molar-refractivity contribution in [3.05, 3.63) is 29.8 Å². The summed E-state index contributed by atoms with van der Waals surface area (Å²) in [5.41, 5.74) is 0.962. The summed E-state index contributed by atoms with van der Waals surface area (Å²) in [5.74, 6) is 0.585. The summed E-state index contributed by atoms with van der Waals surface area (Å²) in [6.07, 6.45) is 1.54. The Labute approximate surface area is 94.4 Å². The van der Waals surface area contributed by atoms with E-state index in [1.165, 1.54) is 27.4 Å². The first-order valence-corrected chi connectivity index (χ1v) is 4.65. The van der Waals surface area contributed by atoms with Crippen LogP contribution in [0.4, 0.5) is 0 Å². The quantitative estimate of drug-likeness (QED) is 0.732. The molecule has 0 aliphatic rings. The van der Waals surface area contributed by atoms with E-state index in [-0.39, 0.29) is 0 Å². The van der Waals surface area contributed by atoms with E-state index in [1.807, 2.05) is 0 Å². The first-order chi connectivity index (χ1) is 7.69. The third kappa shape index (κ3) is 2.00. The lowest BCUT2D eigenvalue weighted by molar-refractivity contribution is 0.0600. The van der Waals surface area contributed by atoms with E-state index in [0.29, 0.717) is 22.6 Å². The van der Waals surface area contributed by atoms with Gasteiger partial charge in [0.15, 0.2) is 11.5 Å². The highest BCUT2D eigenvalue weighted by molar-refractivity contribution is 5.95. The van der Waals surface area contributed by atoms with Crippen LogP contribution in [0, 0.1) is 0 Å². The topological polar surface area (TPSA) is 44.8 Å². The number of carbonyl (C=O) groups is 1. The molecule has 4 heteroatoms. The van der Waals surface area contributed by atoms with Crippen LogP contribution >= 0.6 is 0 Å². The van der Waals surface area contributed by atoms with Crippen molar-refractivity contribution in [3.8, 4) is 11.5 Å². The molecule has 0 N–H and O–H groups in total. The van der Waals surface area contributed by atoms with Crippen LogP contribution < -0.4 is 9.47 Å². The lowest BCUT2D eigenvalue weighted by Crippen LogP contribution is -2.05. The molecule has 0 atom stereocenters. The Morgan fingerprint density at radius 1 is 1.25 bits per heavy atom. The maximum absolute atomic E-state index is 11.5. The molecule has 0 heterocycles. The second kappa shape index (κ2) is 5.21. The van der Waals surface area contributed by atoms with Crippen molar-refractivity contribution in [1.29, 1.82) is 0 Å². The van der Waals surface area contributed by atoms with E-state index in [0.717, 1.165) is 0 Å². The summed E-state index contributed by atoms with van der Waals surface area (Å²) in [7, 11) is 4.36. The van der Waals surface area contributed by atoms with E-state index in [1.54, 1.807) is 12.1 Å². The number of rotatable bonds is 4. The minimum absolute atomic E-state index is 0.398. The third-order valence-electron chi connectivity index (χ3n) is 2.19. The van der Waals surface area contributed by atoms with Crippen molar-refractivity contribution in [2.45, 2.75) is 0 Å². The van der Waals surface area contributed by atoms with Gasteiger partial charge in [-0.05, 0) is 12.1 Å². The molecular weight excluding hydrogens is 208 g/mol. The van der Waals surface area contributed by atoms with Gasteiger partial charge < -0.3 is 14.2 Å². The number of benzene rings is 1. The zero-order chi connectivity index (χ0) is 12.1. The standard InChI is InChI=1S/C12H14O4/c1-5-8-9(12(13)16-4)6-7-10(14-2)11(8)15-3/h5-7H,1H2,2-4H3. The molecule has 4 nitrogen and oxygen atoms in total. The van der Waals surface area contributed by atoms with Gasteiger partial charge in [-0.15, -0.1) is 0 Å². The molecule has 0 radical (unpaired) electrons. The van der Waals surface area contributed by atoms with Gasteiger partial charge in [-0.1, -0.05) is 12.7 Å². The molecule has 0 fully saturated rings. The first-order valence-electron chi connectivity index (χ1n) is 4.65. The fourth-order valence-electron chi connectivity index (χ4n) is 1.44. The van der Waals surface area contributed by atoms with Crippen LogP contribution in [0.2, 0.25) is 0 Å². The van der Waals surface area contributed by atoms with Gasteiger partial charge in [0.05, 0.1) is 26.9 Å². The van der Waals surface area contributed by atoms with E-state index < -0.39 is 5.97 Å². The third-order valence-corrected chi connectivity index (χ3v) is 2.19. The molecule has 0 bridgehead atoms. The number of esters is 1. The summed E-state index contributed by atoms with van der Waals surface area (Å²) < 4.78 is 15.0. The summed E-state index contributed by atoms with van der Waals surface area (Å²) in [4.78, 5) is 11.5. The number of ether oxygens (including phenoxy) is 3. The number of hydrogen-bond acceptors (Lipinski definition) is 4. The Morgan fingerprint density at radius 3 is 2.38 bits per heavy atom. The second-order valence-electron chi connectivity index (χ2n) is 2.96. The molecule has 1 aromatic carbocycles. The summed E-state index contributed by atoms with van der Waals surface area (Å²) >= 11 is 0. The molecule has 86 valence electrons. The lowest BCUT2D eigenvalue weighted by atomic mass is 10.1. The fourth-order valence-corrected chi connectivity index (χ4v) is 1.44. The molecule has 0 aromatic heterocycles. The molecule has 16 heavy (non-hydrogen) atoms. The summed E-state index contributed by atoms with van der Waals surface area (Å²) in [5, 5.41) is 0. The molecule has 0 unspecified atom stereocenters. The zero-order valence-corrected chi connectivity index (χ0v) is 9.57. The largest absolute Gasteiger partial charge is 0.493 e. The first kappa shape index (κ1) is 12.1. The van der Waals surface area contributed by atoms with Crippen molar-refractivity contribution in [3.63, 3.8) is 0 Å². The number of hydrogen-bond donors (Lipinski definition) is 0. The number of carbonyl (C=O) groups excluding carboxylic acids is 1. The van der Waals surface area contributed by atoms with Crippen LogP contribution in [-0.2, 0) is 4.74 Å². The van der Waals surface area contributed by atoms with Crippen LogP contribution in [-0.4, -0.2) is 27.3 Å². The predicted octanol–water partition coefficient (Wildman–Crippen LogP) is 2.13. The Bertz CT molecular complexity index is 410. The van der Waals surface area contributed by atoms with Gasteiger partial charge in [0.1, 0.15) is 0 Å². The molecule has 0 amide bonds. The maximum Gasteiger partial charge on any atom is 0.338 e. The molecule has 1 rings (SSSR count). The number of methoxy groups -OCH3 is 3. The molecular formula is C12H14O4. The van der Waals surface area contributed by atoms with Gasteiger partial charge in [0.2, 0.25) is 0 Å². The highest BCUT2D eigenvalue weighted by Gasteiger charge is 2.17. The molecule has 0 spiro atoms. The van der Waals surface area contributed by atoms with Crippen LogP contribution in [0.3, 0.4) is 0 Å². The fraction of sp³-hybridized carbons (Fsp3) is 0.250. The second-order valence-corrected chi connectivity index (χ2v) is 2.96. The van der Waals surface area contributed by atoms with Crippen molar-refractivity contribution < 1.29 is 19.0 Å². The summed E-state index contributed by atoms with van der Waals surface area (Å²) in [6, 6.07) is 3.27. The van der Waals surface area contributed by atoms with Crippen molar-refractivity contribution in [1.82, 2.24) is 0 Å². The zero-order valence-electron chi connectivity index (χ0n) is 9.57. The SMILES string of the molecule is C=Cc1c(C(=O)OC)ccc(OC)c1OC. The Balaban J connectivity index is 3.42. The Morgan fingerprint density at radius 2 is 1.94 bits per heavy atom. The van der Waals surface area contributed by atoms with Crippen molar-refractivity contribution in [2.75, 3.05) is 21.3 Å². The van der Waals surface area contributed by atoms with Crippen LogP contribution in [0.5, 0.6) is 11.5 Å². The molecule has 1 aromatic rings. The van der Waals surface area contributed by atoms with Gasteiger partial charge in [0.25, 0.3) is 0 Å². The van der Waals surface area contributed by atoms with Crippen LogP contribution in [0.15, 0.2) is 18.7 Å². The van der Waals surface area contributed by atoms with E-state index in [2.05, 4.69) is 11.3 Å². The van der Waals surface area contributed by atoms with Gasteiger partial charge in [0, 0.05) is 5.56 Å². The van der Waals surface area contributed by atoms with E-state index in [9.17, 15) is 4.79 Å². The molecule has 0 aliphatic heterocycles. The average molecular weight is 222 g/mol. The van der Waals surface area contributed by atoms with Gasteiger partial charge in [-0.25, -0.2) is 4.79 Å². The molecule has 0 saturated carbocycles. The van der Waals surface area contributed by atoms with Gasteiger partial charge in [-0.2, -0.15) is 0 Å². The maximum atomic E-state index is 11.5. The van der Waals surface area contributed by atoms with Gasteiger partial charge >= 0.3 is 5.97 Å². The van der Waals surface area contributed by atoms with E-state index in [4.69, 9.17) is 9.47 Å². The van der Waals surface area contributed by atoms with Crippen molar-refractivity contribution in [2.24, 2.45) is 0 Å². The van der Waals surface area contributed by atoms with Crippen LogP contribution in [0.1, 0.15) is 15.9 Å². The minimum Gasteiger partial charge on any atom is -0.493 e. The lowest BCUT2D eigenvalue weighted by Gasteiger charge is -2.13. The summed E-state index contributed by atoms with van der Waals surface area (Å²) in [6.45, 7) is 3.65. The molecule has 0 saturated heterocycles. The monoisotopic (exact) mass is 222 g/mol. The Kier molecular flexibility index (Phi) is 3.94. The smallest absolute Gasteiger partial charge is 0.338 e. The highest BCUT2D eigenvalue weighted by atomic mass is 16.5. The van der Waals surface area contributed by atoms with Crippen molar-refractivity contribution >= 4 is 12.0 Å². The predicted molar refractivity (Wildman–Crippen MR) is 61.0 cm³/mol.